The molecule has 1 aromatic carbocycles. The molecule has 82 valence electrons. The zero-order chi connectivity index (χ0) is 10.7. The van der Waals surface area contributed by atoms with Gasteiger partial charge in [0.05, 0.1) is 6.10 Å². The van der Waals surface area contributed by atoms with Gasteiger partial charge < -0.3 is 15.2 Å². The molecule has 2 rings (SSSR count). The summed E-state index contributed by atoms with van der Waals surface area (Å²) in [5.41, 5.74) is 7.59. The van der Waals surface area contributed by atoms with Crippen LogP contribution in [0, 0.1) is 6.92 Å². The molecule has 0 amide bonds. The average Bonchev–Trinajstić information content (AvgIpc) is 2.73. The third-order valence-corrected chi connectivity index (χ3v) is 2.70. The predicted molar refractivity (Wildman–Crippen MR) is 60.1 cm³/mol. The third kappa shape index (κ3) is 2.63. The van der Waals surface area contributed by atoms with Gasteiger partial charge >= 0.3 is 0 Å². The third-order valence-electron chi connectivity index (χ3n) is 2.70. The Morgan fingerprint density at radius 2 is 2.40 bits per heavy atom. The standard InChI is InChI=1S/C12H17NO2/c1-9-7-10(4-5-12(9)13)15-8-11-3-2-6-14-11/h4-5,7,11H,2-3,6,8,13H2,1H3. The van der Waals surface area contributed by atoms with Crippen molar-refractivity contribution in [2.45, 2.75) is 25.9 Å². The molecule has 0 aromatic heterocycles. The van der Waals surface area contributed by atoms with Crippen LogP contribution >= 0.6 is 0 Å². The number of rotatable bonds is 3. The second kappa shape index (κ2) is 4.53. The second-order valence-electron chi connectivity index (χ2n) is 3.96. The van der Waals surface area contributed by atoms with Crippen molar-refractivity contribution >= 4 is 5.69 Å². The first-order chi connectivity index (χ1) is 7.25. The summed E-state index contributed by atoms with van der Waals surface area (Å²) in [6.07, 6.45) is 2.52. The zero-order valence-electron chi connectivity index (χ0n) is 9.03. The number of ether oxygens (including phenoxy) is 2. The zero-order valence-corrected chi connectivity index (χ0v) is 9.03. The molecule has 3 nitrogen and oxygen atoms in total. The van der Waals surface area contributed by atoms with Gasteiger partial charge in [-0.15, -0.1) is 0 Å². The van der Waals surface area contributed by atoms with Crippen molar-refractivity contribution in [3.63, 3.8) is 0 Å². The molecule has 1 aromatic rings. The van der Waals surface area contributed by atoms with Crippen molar-refractivity contribution in [1.82, 2.24) is 0 Å². The summed E-state index contributed by atoms with van der Waals surface area (Å²) in [7, 11) is 0. The highest BCUT2D eigenvalue weighted by Gasteiger charge is 2.15. The molecule has 1 aliphatic rings. The maximum absolute atomic E-state index is 5.73. The van der Waals surface area contributed by atoms with E-state index in [0.717, 1.165) is 36.4 Å². The van der Waals surface area contributed by atoms with Gasteiger partial charge in [-0.05, 0) is 43.5 Å². The van der Waals surface area contributed by atoms with E-state index in [1.807, 2.05) is 25.1 Å². The summed E-state index contributed by atoms with van der Waals surface area (Å²) in [4.78, 5) is 0. The highest BCUT2D eigenvalue weighted by molar-refractivity contribution is 5.49. The largest absolute Gasteiger partial charge is 0.491 e. The molecule has 1 heterocycles. The molecule has 0 bridgehead atoms. The smallest absolute Gasteiger partial charge is 0.119 e. The lowest BCUT2D eigenvalue weighted by Crippen LogP contribution is -2.16. The van der Waals surface area contributed by atoms with Gasteiger partial charge in [-0.2, -0.15) is 0 Å². The molecule has 1 fully saturated rings. The molecule has 2 N–H and O–H groups in total. The van der Waals surface area contributed by atoms with Crippen molar-refractivity contribution in [3.05, 3.63) is 23.8 Å². The summed E-state index contributed by atoms with van der Waals surface area (Å²) >= 11 is 0. The van der Waals surface area contributed by atoms with Gasteiger partial charge in [-0.25, -0.2) is 0 Å². The van der Waals surface area contributed by atoms with Crippen LogP contribution in [0.3, 0.4) is 0 Å². The lowest BCUT2D eigenvalue weighted by Gasteiger charge is -2.12. The first-order valence-corrected chi connectivity index (χ1v) is 5.36. The average molecular weight is 207 g/mol. The van der Waals surface area contributed by atoms with Gasteiger partial charge in [-0.3, -0.25) is 0 Å². The minimum Gasteiger partial charge on any atom is -0.491 e. The van der Waals surface area contributed by atoms with Gasteiger partial charge in [0.2, 0.25) is 0 Å². The Kier molecular flexibility index (Phi) is 3.11. The number of nitrogens with two attached hydrogens (primary N) is 1. The normalized spacial score (nSPS) is 20.5. The fraction of sp³-hybridized carbons (Fsp3) is 0.500. The van der Waals surface area contributed by atoms with Crippen molar-refractivity contribution in [2.75, 3.05) is 18.9 Å². The van der Waals surface area contributed by atoms with E-state index in [-0.39, 0.29) is 6.10 Å². The van der Waals surface area contributed by atoms with E-state index in [0.29, 0.717) is 6.61 Å². The molecule has 1 unspecified atom stereocenters. The number of nitrogen functional groups attached to an aromatic ring is 1. The Hall–Kier alpha value is -1.22. The van der Waals surface area contributed by atoms with Gasteiger partial charge in [0, 0.05) is 12.3 Å². The molecule has 3 heteroatoms. The van der Waals surface area contributed by atoms with E-state index in [1.54, 1.807) is 0 Å². The molecular weight excluding hydrogens is 190 g/mol. The van der Waals surface area contributed by atoms with E-state index in [4.69, 9.17) is 15.2 Å². The molecule has 1 atom stereocenters. The Labute approximate surface area is 90.2 Å². The van der Waals surface area contributed by atoms with Crippen LogP contribution in [0.4, 0.5) is 5.69 Å². The number of hydrogen-bond acceptors (Lipinski definition) is 3. The topological polar surface area (TPSA) is 44.5 Å². The quantitative estimate of drug-likeness (QED) is 0.772. The molecule has 15 heavy (non-hydrogen) atoms. The molecule has 1 saturated heterocycles. The fourth-order valence-corrected chi connectivity index (χ4v) is 1.70. The minimum absolute atomic E-state index is 0.267. The van der Waals surface area contributed by atoms with Crippen LogP contribution in [0.5, 0.6) is 5.75 Å². The molecule has 0 spiro atoms. The van der Waals surface area contributed by atoms with E-state index in [1.165, 1.54) is 0 Å². The SMILES string of the molecule is Cc1cc(OCC2CCCO2)ccc1N. The fourth-order valence-electron chi connectivity index (χ4n) is 1.70. The number of anilines is 1. The summed E-state index contributed by atoms with van der Waals surface area (Å²) in [6, 6.07) is 5.74. The summed E-state index contributed by atoms with van der Waals surface area (Å²) in [5, 5.41) is 0. The van der Waals surface area contributed by atoms with Gasteiger partial charge in [0.25, 0.3) is 0 Å². The molecular formula is C12H17NO2. The Morgan fingerprint density at radius 1 is 1.53 bits per heavy atom. The number of hydrogen-bond donors (Lipinski definition) is 1. The highest BCUT2D eigenvalue weighted by atomic mass is 16.5. The van der Waals surface area contributed by atoms with Crippen LogP contribution < -0.4 is 10.5 Å². The first-order valence-electron chi connectivity index (χ1n) is 5.36. The second-order valence-corrected chi connectivity index (χ2v) is 3.96. The number of benzene rings is 1. The van der Waals surface area contributed by atoms with E-state index >= 15 is 0 Å². The summed E-state index contributed by atoms with van der Waals surface area (Å²) in [6.45, 7) is 3.49. The van der Waals surface area contributed by atoms with E-state index in [2.05, 4.69) is 0 Å². The maximum Gasteiger partial charge on any atom is 0.119 e. The molecule has 1 aliphatic heterocycles. The summed E-state index contributed by atoms with van der Waals surface area (Å²) < 4.78 is 11.1. The van der Waals surface area contributed by atoms with Crippen LogP contribution in [-0.4, -0.2) is 19.3 Å². The van der Waals surface area contributed by atoms with Crippen molar-refractivity contribution in [1.29, 1.82) is 0 Å². The van der Waals surface area contributed by atoms with Crippen molar-refractivity contribution in [2.24, 2.45) is 0 Å². The van der Waals surface area contributed by atoms with Crippen LogP contribution in [0.15, 0.2) is 18.2 Å². The first kappa shape index (κ1) is 10.3. The van der Waals surface area contributed by atoms with Crippen molar-refractivity contribution < 1.29 is 9.47 Å². The predicted octanol–water partition coefficient (Wildman–Crippen LogP) is 2.14. The Morgan fingerprint density at radius 3 is 3.07 bits per heavy atom. The van der Waals surface area contributed by atoms with Crippen LogP contribution in [0.1, 0.15) is 18.4 Å². The van der Waals surface area contributed by atoms with Crippen LogP contribution in [-0.2, 0) is 4.74 Å². The Balaban J connectivity index is 1.90. The maximum atomic E-state index is 5.73. The summed E-state index contributed by atoms with van der Waals surface area (Å²) in [5.74, 6) is 0.872. The van der Waals surface area contributed by atoms with E-state index < -0.39 is 0 Å². The molecule has 0 aliphatic carbocycles. The van der Waals surface area contributed by atoms with Crippen LogP contribution in [0.25, 0.3) is 0 Å². The molecule has 0 radical (unpaired) electrons. The van der Waals surface area contributed by atoms with Gasteiger partial charge in [-0.1, -0.05) is 0 Å². The Bertz CT molecular complexity index is 332. The van der Waals surface area contributed by atoms with Gasteiger partial charge in [0.15, 0.2) is 0 Å². The monoisotopic (exact) mass is 207 g/mol. The lowest BCUT2D eigenvalue weighted by molar-refractivity contribution is 0.0679. The lowest BCUT2D eigenvalue weighted by atomic mass is 10.2. The number of aryl methyl sites for hydroxylation is 1. The molecule has 0 saturated carbocycles. The van der Waals surface area contributed by atoms with Gasteiger partial charge in [0.1, 0.15) is 12.4 Å². The van der Waals surface area contributed by atoms with E-state index in [9.17, 15) is 0 Å². The van der Waals surface area contributed by atoms with Crippen molar-refractivity contribution in [3.8, 4) is 5.75 Å². The van der Waals surface area contributed by atoms with Crippen LogP contribution in [0.2, 0.25) is 0 Å². The minimum atomic E-state index is 0.267. The highest BCUT2D eigenvalue weighted by Crippen LogP contribution is 2.20.